The normalized spacial score (nSPS) is 17.5. The predicted octanol–water partition coefficient (Wildman–Crippen LogP) is 2.36. The van der Waals surface area contributed by atoms with Crippen LogP contribution in [0.1, 0.15) is 22.0 Å². The summed E-state index contributed by atoms with van der Waals surface area (Å²) in [4.78, 5) is 14.7. The second-order valence-electron chi connectivity index (χ2n) is 6.19. The molecule has 0 radical (unpaired) electrons. The topological polar surface area (TPSA) is 75.7 Å². The SMILES string of the molecule is C=CCNS(=O)(=O)c1ccc(C(=O)N2CCOC(c3ccccc3)C2)cc1. The number of hydrogen-bond donors (Lipinski definition) is 1. The monoisotopic (exact) mass is 386 g/mol. The molecular formula is C20H22N2O4S. The van der Waals surface area contributed by atoms with Crippen molar-refractivity contribution in [3.8, 4) is 0 Å². The Labute approximate surface area is 159 Å². The van der Waals surface area contributed by atoms with Crippen LogP contribution in [-0.4, -0.2) is 45.5 Å². The zero-order valence-electron chi connectivity index (χ0n) is 14.9. The molecule has 7 heteroatoms. The Kier molecular flexibility index (Phi) is 6.05. The number of ether oxygens (including phenoxy) is 1. The highest BCUT2D eigenvalue weighted by atomic mass is 32.2. The molecule has 6 nitrogen and oxygen atoms in total. The van der Waals surface area contributed by atoms with E-state index in [9.17, 15) is 13.2 Å². The maximum Gasteiger partial charge on any atom is 0.254 e. The summed E-state index contributed by atoms with van der Waals surface area (Å²) in [6.07, 6.45) is 1.31. The predicted molar refractivity (Wildman–Crippen MR) is 103 cm³/mol. The van der Waals surface area contributed by atoms with E-state index in [1.807, 2.05) is 30.3 Å². The minimum atomic E-state index is -3.60. The first-order valence-electron chi connectivity index (χ1n) is 8.68. The van der Waals surface area contributed by atoms with E-state index < -0.39 is 10.0 Å². The largest absolute Gasteiger partial charge is 0.370 e. The number of nitrogens with zero attached hydrogens (tertiary/aromatic N) is 1. The third kappa shape index (κ3) is 4.63. The number of sulfonamides is 1. The average Bonchev–Trinajstić information content (AvgIpc) is 2.72. The molecule has 1 amide bonds. The van der Waals surface area contributed by atoms with Crippen LogP contribution < -0.4 is 4.72 Å². The molecule has 3 rings (SSSR count). The summed E-state index contributed by atoms with van der Waals surface area (Å²) in [7, 11) is -3.60. The molecule has 27 heavy (non-hydrogen) atoms. The molecule has 1 aliphatic rings. The number of amides is 1. The molecule has 2 aromatic rings. The van der Waals surface area contributed by atoms with Gasteiger partial charge in [0.25, 0.3) is 5.91 Å². The lowest BCUT2D eigenvalue weighted by atomic mass is 10.1. The number of rotatable bonds is 6. The Morgan fingerprint density at radius 1 is 1.19 bits per heavy atom. The van der Waals surface area contributed by atoms with E-state index >= 15 is 0 Å². The van der Waals surface area contributed by atoms with E-state index in [4.69, 9.17) is 4.74 Å². The molecule has 1 atom stereocenters. The van der Waals surface area contributed by atoms with Crippen LogP contribution in [0.15, 0.2) is 72.1 Å². The van der Waals surface area contributed by atoms with Crippen LogP contribution in [-0.2, 0) is 14.8 Å². The molecule has 1 heterocycles. The highest BCUT2D eigenvalue weighted by Gasteiger charge is 2.26. The average molecular weight is 386 g/mol. The van der Waals surface area contributed by atoms with Crippen molar-refractivity contribution in [3.05, 3.63) is 78.4 Å². The lowest BCUT2D eigenvalue weighted by Crippen LogP contribution is -2.42. The molecule has 0 saturated carbocycles. The fraction of sp³-hybridized carbons (Fsp3) is 0.250. The van der Waals surface area contributed by atoms with E-state index in [0.717, 1.165) is 5.56 Å². The molecule has 142 valence electrons. The van der Waals surface area contributed by atoms with Crippen molar-refractivity contribution < 1.29 is 17.9 Å². The minimum Gasteiger partial charge on any atom is -0.370 e. The number of carbonyl (C=O) groups is 1. The van der Waals surface area contributed by atoms with Gasteiger partial charge in [0.2, 0.25) is 10.0 Å². The van der Waals surface area contributed by atoms with Gasteiger partial charge in [-0.2, -0.15) is 0 Å². The molecule has 2 aromatic carbocycles. The van der Waals surface area contributed by atoms with Crippen molar-refractivity contribution in [3.63, 3.8) is 0 Å². The summed E-state index contributed by atoms with van der Waals surface area (Å²) in [6.45, 7) is 5.06. The first kappa shape index (κ1) is 19.3. The second kappa shape index (κ2) is 8.47. The van der Waals surface area contributed by atoms with E-state index in [0.29, 0.717) is 25.3 Å². The van der Waals surface area contributed by atoms with Crippen LogP contribution in [0, 0.1) is 0 Å². The summed E-state index contributed by atoms with van der Waals surface area (Å²) in [5.41, 5.74) is 1.48. The van der Waals surface area contributed by atoms with Crippen LogP contribution in [0.5, 0.6) is 0 Å². The Morgan fingerprint density at radius 2 is 1.89 bits per heavy atom. The number of benzene rings is 2. The van der Waals surface area contributed by atoms with Crippen LogP contribution in [0.4, 0.5) is 0 Å². The van der Waals surface area contributed by atoms with Gasteiger partial charge in [0, 0.05) is 18.7 Å². The van der Waals surface area contributed by atoms with Gasteiger partial charge in [-0.05, 0) is 29.8 Å². The van der Waals surface area contributed by atoms with Crippen molar-refractivity contribution in [2.24, 2.45) is 0 Å². The Morgan fingerprint density at radius 3 is 2.56 bits per heavy atom. The van der Waals surface area contributed by atoms with Crippen molar-refractivity contribution in [2.45, 2.75) is 11.0 Å². The Hall–Kier alpha value is -2.48. The lowest BCUT2D eigenvalue weighted by molar-refractivity contribution is -0.0228. The van der Waals surface area contributed by atoms with Gasteiger partial charge in [0.15, 0.2) is 0 Å². The number of hydrogen-bond acceptors (Lipinski definition) is 4. The molecule has 1 aliphatic heterocycles. The van der Waals surface area contributed by atoms with Gasteiger partial charge in [-0.3, -0.25) is 4.79 Å². The quantitative estimate of drug-likeness (QED) is 0.774. The van der Waals surface area contributed by atoms with Gasteiger partial charge in [-0.25, -0.2) is 13.1 Å². The number of carbonyl (C=O) groups excluding carboxylic acids is 1. The van der Waals surface area contributed by atoms with Crippen molar-refractivity contribution in [2.75, 3.05) is 26.2 Å². The maximum atomic E-state index is 12.8. The van der Waals surface area contributed by atoms with Crippen molar-refractivity contribution in [1.29, 1.82) is 0 Å². The molecular weight excluding hydrogens is 364 g/mol. The summed E-state index contributed by atoms with van der Waals surface area (Å²) >= 11 is 0. The van der Waals surface area contributed by atoms with Crippen molar-refractivity contribution in [1.82, 2.24) is 9.62 Å². The van der Waals surface area contributed by atoms with Crippen LogP contribution in [0.25, 0.3) is 0 Å². The zero-order valence-corrected chi connectivity index (χ0v) is 15.7. The summed E-state index contributed by atoms with van der Waals surface area (Å²) in [6, 6.07) is 15.7. The highest BCUT2D eigenvalue weighted by Crippen LogP contribution is 2.23. The van der Waals surface area contributed by atoms with Gasteiger partial charge in [-0.15, -0.1) is 6.58 Å². The summed E-state index contributed by atoms with van der Waals surface area (Å²) in [5.74, 6) is -0.137. The molecule has 1 fully saturated rings. The maximum absolute atomic E-state index is 12.8. The van der Waals surface area contributed by atoms with Gasteiger partial charge in [0.05, 0.1) is 18.0 Å². The van der Waals surface area contributed by atoms with Gasteiger partial charge >= 0.3 is 0 Å². The van der Waals surface area contributed by atoms with Crippen LogP contribution >= 0.6 is 0 Å². The van der Waals surface area contributed by atoms with Crippen LogP contribution in [0.3, 0.4) is 0 Å². The van der Waals surface area contributed by atoms with Gasteiger partial charge in [0.1, 0.15) is 6.10 Å². The molecule has 1 unspecified atom stereocenters. The minimum absolute atomic E-state index is 0.116. The lowest BCUT2D eigenvalue weighted by Gasteiger charge is -2.33. The summed E-state index contributed by atoms with van der Waals surface area (Å²) < 4.78 is 32.4. The van der Waals surface area contributed by atoms with Gasteiger partial charge < -0.3 is 9.64 Å². The van der Waals surface area contributed by atoms with Gasteiger partial charge in [-0.1, -0.05) is 36.4 Å². The molecule has 1 saturated heterocycles. The Balaban J connectivity index is 1.71. The van der Waals surface area contributed by atoms with E-state index in [2.05, 4.69) is 11.3 Å². The third-order valence-electron chi connectivity index (χ3n) is 4.35. The first-order chi connectivity index (χ1) is 13.0. The standard InChI is InChI=1S/C20H22N2O4S/c1-2-12-21-27(24,25)18-10-8-17(9-11-18)20(23)22-13-14-26-19(15-22)16-6-4-3-5-7-16/h2-11,19,21H,1,12-15H2. The fourth-order valence-corrected chi connectivity index (χ4v) is 3.91. The van der Waals surface area contributed by atoms with E-state index in [1.165, 1.54) is 30.3 Å². The van der Waals surface area contributed by atoms with Crippen molar-refractivity contribution >= 4 is 15.9 Å². The van der Waals surface area contributed by atoms with E-state index in [-0.39, 0.29) is 23.5 Å². The number of morpholine rings is 1. The fourth-order valence-electron chi connectivity index (χ4n) is 2.91. The third-order valence-corrected chi connectivity index (χ3v) is 5.79. The molecule has 0 aromatic heterocycles. The van der Waals surface area contributed by atoms with E-state index in [1.54, 1.807) is 4.90 Å². The zero-order chi connectivity index (χ0) is 19.3. The molecule has 0 aliphatic carbocycles. The summed E-state index contributed by atoms with van der Waals surface area (Å²) in [5, 5.41) is 0. The van der Waals surface area contributed by atoms with Crippen LogP contribution in [0.2, 0.25) is 0 Å². The first-order valence-corrected chi connectivity index (χ1v) is 10.2. The molecule has 0 bridgehead atoms. The smallest absolute Gasteiger partial charge is 0.254 e. The highest BCUT2D eigenvalue weighted by molar-refractivity contribution is 7.89. The molecule has 0 spiro atoms. The molecule has 1 N–H and O–H groups in total. The Bertz CT molecular complexity index is 895. The number of nitrogens with one attached hydrogen (secondary N) is 1. The second-order valence-corrected chi connectivity index (χ2v) is 7.95.